The number of amides is 2. The minimum absolute atomic E-state index is 0.258. The third kappa shape index (κ3) is 4.68. The molecule has 0 aliphatic heterocycles. The monoisotopic (exact) mass is 480 g/mol. The predicted octanol–water partition coefficient (Wildman–Crippen LogP) is 5.03. The van der Waals surface area contributed by atoms with E-state index in [-0.39, 0.29) is 12.3 Å². The highest BCUT2D eigenvalue weighted by atomic mass is 16.5. The molecule has 5 aromatic rings. The van der Waals surface area contributed by atoms with Crippen LogP contribution < -0.4 is 15.4 Å². The number of carbonyl (C=O) groups is 2. The van der Waals surface area contributed by atoms with E-state index in [0.29, 0.717) is 17.9 Å². The van der Waals surface area contributed by atoms with Crippen molar-refractivity contribution in [3.05, 3.63) is 84.4 Å². The molecule has 2 amide bonds. The third-order valence-corrected chi connectivity index (χ3v) is 6.66. The summed E-state index contributed by atoms with van der Waals surface area (Å²) in [6, 6.07) is 25.1. The average molecular weight is 481 g/mol. The molecule has 0 aliphatic rings. The van der Waals surface area contributed by atoms with Gasteiger partial charge >= 0.3 is 0 Å². The Kier molecular flexibility index (Phi) is 6.69. The van der Waals surface area contributed by atoms with Crippen LogP contribution in [0.4, 0.5) is 5.69 Å². The number of rotatable bonds is 9. The van der Waals surface area contributed by atoms with Crippen LogP contribution in [0.3, 0.4) is 0 Å². The van der Waals surface area contributed by atoms with Crippen LogP contribution in [-0.4, -0.2) is 36.7 Å². The molecule has 0 radical (unpaired) electrons. The number of aryl methyl sites for hydroxylation is 1. The number of ether oxygens (including phenoxy) is 1. The topological polar surface area (TPSA) is 87.7 Å². The zero-order valence-electron chi connectivity index (χ0n) is 20.1. The van der Waals surface area contributed by atoms with E-state index in [9.17, 15) is 14.7 Å². The van der Waals surface area contributed by atoms with Crippen LogP contribution in [0.15, 0.2) is 78.9 Å². The molecule has 36 heavy (non-hydrogen) atoms. The van der Waals surface area contributed by atoms with E-state index in [1.54, 1.807) is 31.4 Å². The largest absolute Gasteiger partial charge is 0.497 e. The summed E-state index contributed by atoms with van der Waals surface area (Å²) in [5.74, 6) is -0.0656. The van der Waals surface area contributed by atoms with Crippen LogP contribution >= 0.6 is 0 Å². The van der Waals surface area contributed by atoms with Crippen molar-refractivity contribution < 1.29 is 19.4 Å². The standard InChI is InChI=1S/C30H28N2O4/c1-36-24-15-13-23(14-16-24)31-30(35)26(18-33)32-27(34)7-3-4-19-8-9-22-11-10-20-5-2-6-21-12-17-25(19)29(22)28(20)21/h2,5-6,8-17,26,33H,3-4,7,18H2,1H3,(H,31,35)(H,32,34)/t26-/m0/s1. The van der Waals surface area contributed by atoms with E-state index in [0.717, 1.165) is 6.42 Å². The molecule has 0 heterocycles. The summed E-state index contributed by atoms with van der Waals surface area (Å²) in [6.45, 7) is -0.483. The molecule has 0 aliphatic carbocycles. The van der Waals surface area contributed by atoms with Gasteiger partial charge in [-0.05, 0) is 75.0 Å². The molecule has 5 aromatic carbocycles. The average Bonchev–Trinajstić information content (AvgIpc) is 2.91. The van der Waals surface area contributed by atoms with E-state index in [1.165, 1.54) is 37.9 Å². The van der Waals surface area contributed by atoms with Crippen molar-refractivity contribution in [1.82, 2.24) is 5.32 Å². The van der Waals surface area contributed by atoms with Gasteiger partial charge in [-0.15, -0.1) is 0 Å². The summed E-state index contributed by atoms with van der Waals surface area (Å²) in [5, 5.41) is 22.4. The molecule has 0 spiro atoms. The fourth-order valence-electron chi connectivity index (χ4n) is 4.82. The molecule has 6 heteroatoms. The third-order valence-electron chi connectivity index (χ3n) is 6.66. The lowest BCUT2D eigenvalue weighted by atomic mass is 9.90. The van der Waals surface area contributed by atoms with Crippen molar-refractivity contribution in [1.29, 1.82) is 0 Å². The fourth-order valence-corrected chi connectivity index (χ4v) is 4.82. The molecule has 182 valence electrons. The van der Waals surface area contributed by atoms with Gasteiger partial charge in [0.1, 0.15) is 11.8 Å². The number of benzene rings is 5. The Hall–Kier alpha value is -4.16. The SMILES string of the molecule is COc1ccc(NC(=O)[C@H](CO)NC(=O)CCCc2ccc3ccc4cccc5ccc2c3c45)cc1. The fraction of sp³-hybridized carbons (Fsp3) is 0.200. The van der Waals surface area contributed by atoms with Crippen LogP contribution in [0.5, 0.6) is 5.75 Å². The molecule has 0 saturated carbocycles. The second kappa shape index (κ2) is 10.2. The minimum Gasteiger partial charge on any atom is -0.497 e. The van der Waals surface area contributed by atoms with Crippen LogP contribution in [0.2, 0.25) is 0 Å². The molecule has 0 aromatic heterocycles. The molecule has 0 unspecified atom stereocenters. The summed E-state index contributed by atoms with van der Waals surface area (Å²) in [7, 11) is 1.56. The number of nitrogens with one attached hydrogen (secondary N) is 2. The molecule has 0 saturated heterocycles. The maximum atomic E-state index is 12.6. The van der Waals surface area contributed by atoms with Gasteiger partial charge in [0.25, 0.3) is 0 Å². The highest BCUT2D eigenvalue weighted by Crippen LogP contribution is 2.36. The van der Waals surface area contributed by atoms with Crippen molar-refractivity contribution >= 4 is 49.8 Å². The molecule has 5 rings (SSSR count). The maximum Gasteiger partial charge on any atom is 0.249 e. The van der Waals surface area contributed by atoms with E-state index in [1.807, 2.05) is 0 Å². The number of aliphatic hydroxyl groups is 1. The van der Waals surface area contributed by atoms with E-state index in [2.05, 4.69) is 65.2 Å². The van der Waals surface area contributed by atoms with Gasteiger partial charge < -0.3 is 20.5 Å². The molecular formula is C30H28N2O4. The number of aliphatic hydroxyl groups excluding tert-OH is 1. The first-order chi connectivity index (χ1) is 17.6. The van der Waals surface area contributed by atoms with Gasteiger partial charge in [0.15, 0.2) is 0 Å². The lowest BCUT2D eigenvalue weighted by Crippen LogP contribution is -2.46. The Bertz CT molecular complexity index is 1510. The number of methoxy groups -OCH3 is 1. The van der Waals surface area contributed by atoms with Crippen molar-refractivity contribution in [3.8, 4) is 5.75 Å². The van der Waals surface area contributed by atoms with E-state index in [4.69, 9.17) is 4.74 Å². The summed E-state index contributed by atoms with van der Waals surface area (Å²) < 4.78 is 5.11. The number of carbonyl (C=O) groups excluding carboxylic acids is 2. The van der Waals surface area contributed by atoms with Crippen LogP contribution in [-0.2, 0) is 16.0 Å². The van der Waals surface area contributed by atoms with Crippen LogP contribution in [0.1, 0.15) is 18.4 Å². The molecule has 6 nitrogen and oxygen atoms in total. The highest BCUT2D eigenvalue weighted by Gasteiger charge is 2.20. The number of anilines is 1. The van der Waals surface area contributed by atoms with E-state index >= 15 is 0 Å². The van der Waals surface area contributed by atoms with Gasteiger partial charge in [-0.2, -0.15) is 0 Å². The predicted molar refractivity (Wildman–Crippen MR) is 144 cm³/mol. The van der Waals surface area contributed by atoms with Crippen molar-refractivity contribution in [3.63, 3.8) is 0 Å². The maximum absolute atomic E-state index is 12.6. The van der Waals surface area contributed by atoms with Gasteiger partial charge in [0.05, 0.1) is 13.7 Å². The van der Waals surface area contributed by atoms with Gasteiger partial charge in [0.2, 0.25) is 11.8 Å². The Balaban J connectivity index is 1.22. The van der Waals surface area contributed by atoms with E-state index < -0.39 is 18.6 Å². The Labute approximate surface area is 209 Å². The molecule has 0 fully saturated rings. The molecule has 3 N–H and O–H groups in total. The Morgan fingerprint density at radius 2 is 1.53 bits per heavy atom. The summed E-state index contributed by atoms with van der Waals surface area (Å²) in [4.78, 5) is 25.1. The lowest BCUT2D eigenvalue weighted by Gasteiger charge is -2.17. The highest BCUT2D eigenvalue weighted by molar-refractivity contribution is 6.23. The second-order valence-corrected chi connectivity index (χ2v) is 8.95. The van der Waals surface area contributed by atoms with Crippen LogP contribution in [0.25, 0.3) is 32.3 Å². The molecule has 0 bridgehead atoms. The Morgan fingerprint density at radius 1 is 0.861 bits per heavy atom. The van der Waals surface area contributed by atoms with Crippen molar-refractivity contribution in [2.24, 2.45) is 0 Å². The van der Waals surface area contributed by atoms with Gasteiger partial charge in [-0.3, -0.25) is 9.59 Å². The van der Waals surface area contributed by atoms with Gasteiger partial charge in [0, 0.05) is 12.1 Å². The first-order valence-electron chi connectivity index (χ1n) is 12.1. The summed E-state index contributed by atoms with van der Waals surface area (Å²) in [6.07, 6.45) is 1.63. The van der Waals surface area contributed by atoms with Crippen LogP contribution in [0, 0.1) is 0 Å². The van der Waals surface area contributed by atoms with Crippen molar-refractivity contribution in [2.45, 2.75) is 25.3 Å². The quantitative estimate of drug-likeness (QED) is 0.258. The van der Waals surface area contributed by atoms with Gasteiger partial charge in [-0.1, -0.05) is 54.6 Å². The molecule has 1 atom stereocenters. The first kappa shape index (κ1) is 23.6. The Morgan fingerprint density at radius 3 is 2.22 bits per heavy atom. The summed E-state index contributed by atoms with van der Waals surface area (Å²) in [5.41, 5.74) is 1.76. The zero-order chi connectivity index (χ0) is 25.1. The summed E-state index contributed by atoms with van der Waals surface area (Å²) >= 11 is 0. The lowest BCUT2D eigenvalue weighted by molar-refractivity contribution is -0.127. The zero-order valence-corrected chi connectivity index (χ0v) is 20.1. The van der Waals surface area contributed by atoms with Gasteiger partial charge in [-0.25, -0.2) is 0 Å². The van der Waals surface area contributed by atoms with Crippen molar-refractivity contribution in [2.75, 3.05) is 19.0 Å². The number of hydrogen-bond acceptors (Lipinski definition) is 4. The first-order valence-corrected chi connectivity index (χ1v) is 12.1. The number of hydrogen-bond donors (Lipinski definition) is 3. The second-order valence-electron chi connectivity index (χ2n) is 8.95. The smallest absolute Gasteiger partial charge is 0.249 e. The minimum atomic E-state index is -1.02. The molecular weight excluding hydrogens is 452 g/mol. The normalized spacial score (nSPS) is 12.2.